The van der Waals surface area contributed by atoms with Crippen molar-refractivity contribution in [1.82, 2.24) is 0 Å². The van der Waals surface area contributed by atoms with Crippen LogP contribution in [-0.2, 0) is 12.8 Å². The van der Waals surface area contributed by atoms with E-state index in [0.717, 1.165) is 12.8 Å². The average molecular weight is 379 g/mol. The van der Waals surface area contributed by atoms with Crippen LogP contribution in [0.1, 0.15) is 53.6 Å². The summed E-state index contributed by atoms with van der Waals surface area (Å²) in [5.41, 5.74) is 8.32. The van der Waals surface area contributed by atoms with Gasteiger partial charge in [-0.05, 0) is 88.0 Å². The second kappa shape index (κ2) is 8.25. The van der Waals surface area contributed by atoms with Crippen molar-refractivity contribution in [2.75, 3.05) is 0 Å². The lowest BCUT2D eigenvalue weighted by Gasteiger charge is -2.15. The molecule has 0 nitrogen and oxygen atoms in total. The average Bonchev–Trinajstić information content (AvgIpc) is 2.77. The molecule has 4 aromatic rings. The Morgan fingerprint density at radius 1 is 0.586 bits per heavy atom. The van der Waals surface area contributed by atoms with Crippen molar-refractivity contribution in [3.8, 4) is 0 Å². The van der Waals surface area contributed by atoms with E-state index >= 15 is 0 Å². The summed E-state index contributed by atoms with van der Waals surface area (Å²) in [7, 11) is 0. The molecule has 2 aliphatic carbocycles. The van der Waals surface area contributed by atoms with Crippen molar-refractivity contribution in [1.29, 1.82) is 0 Å². The fourth-order valence-corrected chi connectivity index (χ4v) is 4.56. The third-order valence-electron chi connectivity index (χ3n) is 6.19. The van der Waals surface area contributed by atoms with Crippen molar-refractivity contribution < 1.29 is 0 Å². The van der Waals surface area contributed by atoms with Gasteiger partial charge in [0.2, 0.25) is 0 Å². The van der Waals surface area contributed by atoms with Gasteiger partial charge in [0, 0.05) is 0 Å². The lowest BCUT2D eigenvalue weighted by molar-refractivity contribution is 0.817. The minimum Gasteiger partial charge on any atom is -0.0683 e. The Bertz CT molecular complexity index is 1190. The molecule has 2 aliphatic rings. The molecule has 6 rings (SSSR count). The van der Waals surface area contributed by atoms with Crippen molar-refractivity contribution in [2.24, 2.45) is 0 Å². The lowest BCUT2D eigenvalue weighted by Crippen LogP contribution is -1.95. The van der Waals surface area contributed by atoms with Gasteiger partial charge in [-0.25, -0.2) is 0 Å². The molecular formula is C29H30. The molecule has 0 saturated heterocycles. The highest BCUT2D eigenvalue weighted by atomic mass is 14.2. The predicted octanol–water partition coefficient (Wildman–Crippen LogP) is 8.30. The second-order valence-corrected chi connectivity index (χ2v) is 7.82. The number of fused-ring (bicyclic) bond motifs is 4. The van der Waals surface area contributed by atoms with E-state index in [4.69, 9.17) is 0 Å². The maximum Gasteiger partial charge on any atom is -0.00674 e. The zero-order chi connectivity index (χ0) is 20.4. The van der Waals surface area contributed by atoms with Crippen LogP contribution in [0.3, 0.4) is 0 Å². The standard InChI is InChI=1S/C27H24.C2H6/c1-18-22-5-3-4-20-6-8-21(9-7-20)10-11-23-13-15-25-17-16-24(14-12-22)26(18)27(25)19(23)2;1-2/h6-17H,3-5H2,1-2H3;1-2H3/b11-10-;. The van der Waals surface area contributed by atoms with E-state index in [2.05, 4.69) is 86.7 Å². The summed E-state index contributed by atoms with van der Waals surface area (Å²) in [5.74, 6) is 0. The smallest absolute Gasteiger partial charge is 0.00674 e. The molecule has 6 bridgehead atoms. The minimum atomic E-state index is 1.14. The van der Waals surface area contributed by atoms with E-state index in [9.17, 15) is 0 Å². The third kappa shape index (κ3) is 3.60. The summed E-state index contributed by atoms with van der Waals surface area (Å²) in [4.78, 5) is 0. The summed E-state index contributed by atoms with van der Waals surface area (Å²) >= 11 is 0. The molecule has 0 amide bonds. The predicted molar refractivity (Wildman–Crippen MR) is 130 cm³/mol. The molecule has 0 aliphatic heterocycles. The number of benzene rings is 4. The van der Waals surface area contributed by atoms with Crippen molar-refractivity contribution >= 4 is 33.7 Å². The van der Waals surface area contributed by atoms with Crippen LogP contribution in [0.2, 0.25) is 0 Å². The van der Waals surface area contributed by atoms with E-state index in [-0.39, 0.29) is 0 Å². The second-order valence-electron chi connectivity index (χ2n) is 7.82. The van der Waals surface area contributed by atoms with Gasteiger partial charge in [0.15, 0.2) is 0 Å². The first-order valence-corrected chi connectivity index (χ1v) is 10.9. The number of aryl methyl sites for hydroxylation is 4. The summed E-state index contributed by atoms with van der Waals surface area (Å²) < 4.78 is 0. The largest absolute Gasteiger partial charge is 0.0683 e. The molecule has 29 heavy (non-hydrogen) atoms. The third-order valence-corrected chi connectivity index (χ3v) is 6.19. The molecule has 0 unspecified atom stereocenters. The molecule has 0 radical (unpaired) electrons. The van der Waals surface area contributed by atoms with Crippen LogP contribution >= 0.6 is 0 Å². The quantitative estimate of drug-likeness (QED) is 0.270. The van der Waals surface area contributed by atoms with Crippen molar-refractivity contribution in [3.63, 3.8) is 0 Å². The van der Waals surface area contributed by atoms with Crippen LogP contribution in [0.4, 0.5) is 0 Å². The van der Waals surface area contributed by atoms with Gasteiger partial charge in [-0.1, -0.05) is 86.7 Å². The van der Waals surface area contributed by atoms with Gasteiger partial charge in [0.1, 0.15) is 0 Å². The first-order valence-electron chi connectivity index (χ1n) is 10.9. The Morgan fingerprint density at radius 2 is 1.21 bits per heavy atom. The number of rotatable bonds is 0. The van der Waals surface area contributed by atoms with E-state index in [1.807, 2.05) is 13.8 Å². The molecule has 0 fully saturated rings. The molecule has 0 spiro atoms. The first-order chi connectivity index (χ1) is 14.2. The highest BCUT2D eigenvalue weighted by Gasteiger charge is 2.11. The van der Waals surface area contributed by atoms with Crippen LogP contribution in [0.5, 0.6) is 0 Å². The van der Waals surface area contributed by atoms with E-state index in [1.54, 1.807) is 0 Å². The summed E-state index contributed by atoms with van der Waals surface area (Å²) in [6.45, 7) is 8.58. The highest BCUT2D eigenvalue weighted by molar-refractivity contribution is 6.12. The highest BCUT2D eigenvalue weighted by Crippen LogP contribution is 2.34. The maximum atomic E-state index is 2.34. The van der Waals surface area contributed by atoms with Gasteiger partial charge in [0.05, 0.1) is 0 Å². The fraction of sp³-hybridized carbons (Fsp3) is 0.241. The molecule has 0 N–H and O–H groups in total. The molecule has 146 valence electrons. The van der Waals surface area contributed by atoms with Crippen LogP contribution in [0.15, 0.2) is 60.7 Å². The SMILES string of the molecule is CC.Cc1c2ccc3ccc4ccc(c(C)c4c13)CCCc1ccc(cc1)/C=C\2. The Balaban J connectivity index is 0.000000994. The topological polar surface area (TPSA) is 0 Å². The summed E-state index contributed by atoms with van der Waals surface area (Å²) in [5, 5.41) is 5.54. The summed E-state index contributed by atoms with van der Waals surface area (Å²) in [6.07, 6.45) is 7.97. The van der Waals surface area contributed by atoms with Gasteiger partial charge >= 0.3 is 0 Å². The molecular weight excluding hydrogens is 348 g/mol. The fourth-order valence-electron chi connectivity index (χ4n) is 4.56. The first kappa shape index (κ1) is 19.5. The van der Waals surface area contributed by atoms with E-state index in [0.29, 0.717) is 0 Å². The zero-order valence-corrected chi connectivity index (χ0v) is 18.0. The Kier molecular flexibility index (Phi) is 5.53. The molecule has 0 saturated carbocycles. The normalized spacial score (nSPS) is 14.1. The molecule has 0 heteroatoms. The van der Waals surface area contributed by atoms with Crippen molar-refractivity contribution in [2.45, 2.75) is 47.0 Å². The Hall–Kier alpha value is -2.86. The van der Waals surface area contributed by atoms with Gasteiger partial charge in [-0.2, -0.15) is 0 Å². The van der Waals surface area contributed by atoms with Crippen LogP contribution < -0.4 is 0 Å². The minimum absolute atomic E-state index is 1.14. The van der Waals surface area contributed by atoms with Crippen LogP contribution in [0.25, 0.3) is 33.7 Å². The monoisotopic (exact) mass is 378 g/mol. The van der Waals surface area contributed by atoms with Gasteiger partial charge in [-0.3, -0.25) is 0 Å². The van der Waals surface area contributed by atoms with Crippen LogP contribution in [0, 0.1) is 13.8 Å². The Morgan fingerprint density at radius 3 is 1.93 bits per heavy atom. The van der Waals surface area contributed by atoms with Gasteiger partial charge in [0.25, 0.3) is 0 Å². The number of hydrogen-bond acceptors (Lipinski definition) is 0. The molecule has 4 aromatic carbocycles. The van der Waals surface area contributed by atoms with Gasteiger partial charge in [-0.15, -0.1) is 0 Å². The molecule has 0 heterocycles. The Labute approximate surface area is 174 Å². The van der Waals surface area contributed by atoms with Crippen molar-refractivity contribution in [3.05, 3.63) is 94.0 Å². The van der Waals surface area contributed by atoms with E-state index < -0.39 is 0 Å². The zero-order valence-electron chi connectivity index (χ0n) is 18.0. The molecule has 0 atom stereocenters. The number of hydrogen-bond donors (Lipinski definition) is 0. The maximum absolute atomic E-state index is 2.34. The van der Waals surface area contributed by atoms with E-state index in [1.165, 1.54) is 61.3 Å². The lowest BCUT2D eigenvalue weighted by atomic mass is 9.89. The molecule has 0 aromatic heterocycles. The summed E-state index contributed by atoms with van der Waals surface area (Å²) in [6, 6.07) is 22.8. The van der Waals surface area contributed by atoms with Gasteiger partial charge < -0.3 is 0 Å². The van der Waals surface area contributed by atoms with Crippen LogP contribution in [-0.4, -0.2) is 0 Å².